The molecular weight excluding hydrogens is 226 g/mol. The Morgan fingerprint density at radius 3 is 2.33 bits per heavy atom. The molecule has 0 saturated heterocycles. The highest BCUT2D eigenvalue weighted by Crippen LogP contribution is 2.24. The van der Waals surface area contributed by atoms with Gasteiger partial charge in [0.2, 0.25) is 0 Å². The lowest BCUT2D eigenvalue weighted by atomic mass is 10.1. The Labute approximate surface area is 105 Å². The molecule has 0 spiro atoms. The first kappa shape index (κ1) is 11.7. The van der Waals surface area contributed by atoms with Crippen LogP contribution in [0.25, 0.3) is 12.2 Å². The highest BCUT2D eigenvalue weighted by Gasteiger charge is 1.98. The Bertz CT molecular complexity index is 622. The average molecular weight is 237 g/mol. The summed E-state index contributed by atoms with van der Waals surface area (Å²) in [5.41, 5.74) is 2.06. The number of nitriles is 1. The van der Waals surface area contributed by atoms with Gasteiger partial charge in [0.15, 0.2) is 0 Å². The van der Waals surface area contributed by atoms with Crippen LogP contribution in [0.1, 0.15) is 16.7 Å². The zero-order chi connectivity index (χ0) is 13.0. The fourth-order valence-corrected chi connectivity index (χ4v) is 1.53. The van der Waals surface area contributed by atoms with Gasteiger partial charge in [-0.1, -0.05) is 24.3 Å². The summed E-state index contributed by atoms with van der Waals surface area (Å²) >= 11 is 0. The Kier molecular flexibility index (Phi) is 3.31. The van der Waals surface area contributed by atoms with Crippen molar-refractivity contribution in [2.75, 3.05) is 0 Å². The van der Waals surface area contributed by atoms with Gasteiger partial charge < -0.3 is 10.2 Å². The van der Waals surface area contributed by atoms with E-state index in [9.17, 15) is 10.2 Å². The number of phenols is 2. The SMILES string of the molecule is N#Cc1ccc(C=Cc2cc(O)ccc2O)cc1. The number of aromatic hydroxyl groups is 2. The molecule has 0 saturated carbocycles. The second-order valence-electron chi connectivity index (χ2n) is 3.81. The van der Waals surface area contributed by atoms with E-state index in [0.29, 0.717) is 11.1 Å². The summed E-state index contributed by atoms with van der Waals surface area (Å²) in [4.78, 5) is 0. The van der Waals surface area contributed by atoms with E-state index in [4.69, 9.17) is 5.26 Å². The van der Waals surface area contributed by atoms with Crippen molar-refractivity contribution >= 4 is 12.2 Å². The minimum absolute atomic E-state index is 0.104. The molecule has 0 radical (unpaired) electrons. The summed E-state index contributed by atoms with van der Waals surface area (Å²) in [6.07, 6.45) is 3.51. The third-order valence-electron chi connectivity index (χ3n) is 2.51. The maximum Gasteiger partial charge on any atom is 0.123 e. The number of benzene rings is 2. The Morgan fingerprint density at radius 1 is 0.944 bits per heavy atom. The average Bonchev–Trinajstić information content (AvgIpc) is 2.40. The fourth-order valence-electron chi connectivity index (χ4n) is 1.53. The molecule has 2 rings (SSSR count). The molecule has 88 valence electrons. The van der Waals surface area contributed by atoms with Crippen molar-refractivity contribution in [3.8, 4) is 17.6 Å². The van der Waals surface area contributed by atoms with Gasteiger partial charge in [-0.25, -0.2) is 0 Å². The molecule has 3 nitrogen and oxygen atoms in total. The molecule has 0 aliphatic carbocycles. The lowest BCUT2D eigenvalue weighted by Gasteiger charge is -2.00. The number of phenolic OH excluding ortho intramolecular Hbond substituents is 2. The first-order valence-corrected chi connectivity index (χ1v) is 5.39. The minimum atomic E-state index is 0.104. The van der Waals surface area contributed by atoms with Gasteiger partial charge in [0, 0.05) is 5.56 Å². The van der Waals surface area contributed by atoms with Crippen LogP contribution in [0.3, 0.4) is 0 Å². The fraction of sp³-hybridized carbons (Fsp3) is 0. The molecule has 3 heteroatoms. The van der Waals surface area contributed by atoms with Crippen molar-refractivity contribution in [1.82, 2.24) is 0 Å². The lowest BCUT2D eigenvalue weighted by Crippen LogP contribution is -1.77. The van der Waals surface area contributed by atoms with Gasteiger partial charge in [0.1, 0.15) is 11.5 Å². The highest BCUT2D eigenvalue weighted by molar-refractivity contribution is 5.73. The molecular formula is C15H11NO2. The summed E-state index contributed by atoms with van der Waals surface area (Å²) in [5.74, 6) is 0.213. The topological polar surface area (TPSA) is 64.2 Å². The van der Waals surface area contributed by atoms with Gasteiger partial charge in [0.25, 0.3) is 0 Å². The predicted molar refractivity (Wildman–Crippen MR) is 69.9 cm³/mol. The summed E-state index contributed by atoms with van der Waals surface area (Å²) in [6, 6.07) is 13.5. The van der Waals surface area contributed by atoms with Gasteiger partial charge in [-0.3, -0.25) is 0 Å². The van der Waals surface area contributed by atoms with Gasteiger partial charge in [-0.05, 0) is 35.9 Å². The van der Waals surface area contributed by atoms with Crippen LogP contribution in [-0.4, -0.2) is 10.2 Å². The van der Waals surface area contributed by atoms with E-state index in [1.54, 1.807) is 24.3 Å². The maximum absolute atomic E-state index is 9.59. The van der Waals surface area contributed by atoms with Crippen LogP contribution in [0.2, 0.25) is 0 Å². The second-order valence-corrected chi connectivity index (χ2v) is 3.81. The summed E-state index contributed by atoms with van der Waals surface area (Å²) in [5, 5.41) is 27.6. The Balaban J connectivity index is 2.24. The first-order chi connectivity index (χ1) is 8.69. The second kappa shape index (κ2) is 5.07. The molecule has 0 aromatic heterocycles. The van der Waals surface area contributed by atoms with E-state index in [0.717, 1.165) is 5.56 Å². The smallest absolute Gasteiger partial charge is 0.123 e. The van der Waals surface area contributed by atoms with Crippen LogP contribution < -0.4 is 0 Å². The molecule has 18 heavy (non-hydrogen) atoms. The van der Waals surface area contributed by atoms with E-state index in [2.05, 4.69) is 0 Å². The molecule has 0 atom stereocenters. The highest BCUT2D eigenvalue weighted by atomic mass is 16.3. The van der Waals surface area contributed by atoms with Crippen molar-refractivity contribution in [3.05, 3.63) is 59.2 Å². The first-order valence-electron chi connectivity index (χ1n) is 5.39. The van der Waals surface area contributed by atoms with E-state index in [1.807, 2.05) is 18.2 Å². The molecule has 0 fully saturated rings. The third-order valence-corrected chi connectivity index (χ3v) is 2.51. The standard InChI is InChI=1S/C15H11NO2/c16-10-12-3-1-11(2-4-12)5-6-13-9-14(17)7-8-15(13)18/h1-9,17-18H. The van der Waals surface area contributed by atoms with Crippen LogP contribution in [-0.2, 0) is 0 Å². The zero-order valence-electron chi connectivity index (χ0n) is 9.54. The number of rotatable bonds is 2. The van der Waals surface area contributed by atoms with Crippen molar-refractivity contribution in [2.45, 2.75) is 0 Å². The molecule has 0 aliphatic heterocycles. The number of hydrogen-bond donors (Lipinski definition) is 2. The quantitative estimate of drug-likeness (QED) is 0.623. The van der Waals surface area contributed by atoms with Crippen molar-refractivity contribution in [1.29, 1.82) is 5.26 Å². The minimum Gasteiger partial charge on any atom is -0.508 e. The van der Waals surface area contributed by atoms with Crippen LogP contribution in [0.15, 0.2) is 42.5 Å². The lowest BCUT2D eigenvalue weighted by molar-refractivity contribution is 0.459. The summed E-state index contributed by atoms with van der Waals surface area (Å²) in [6.45, 7) is 0. The van der Waals surface area contributed by atoms with Gasteiger partial charge in [0.05, 0.1) is 11.6 Å². The van der Waals surface area contributed by atoms with Gasteiger partial charge >= 0.3 is 0 Å². The third kappa shape index (κ3) is 2.69. The molecule has 0 bridgehead atoms. The maximum atomic E-state index is 9.59. The van der Waals surface area contributed by atoms with Gasteiger partial charge in [-0.2, -0.15) is 5.26 Å². The normalized spacial score (nSPS) is 10.4. The number of hydrogen-bond acceptors (Lipinski definition) is 3. The van der Waals surface area contributed by atoms with Crippen LogP contribution in [0.4, 0.5) is 0 Å². The van der Waals surface area contributed by atoms with E-state index < -0.39 is 0 Å². The van der Waals surface area contributed by atoms with Gasteiger partial charge in [-0.15, -0.1) is 0 Å². The van der Waals surface area contributed by atoms with Crippen LogP contribution >= 0.6 is 0 Å². The largest absolute Gasteiger partial charge is 0.508 e. The Morgan fingerprint density at radius 2 is 1.67 bits per heavy atom. The van der Waals surface area contributed by atoms with Crippen molar-refractivity contribution in [3.63, 3.8) is 0 Å². The molecule has 0 amide bonds. The van der Waals surface area contributed by atoms with E-state index in [1.165, 1.54) is 18.2 Å². The summed E-state index contributed by atoms with van der Waals surface area (Å²) in [7, 11) is 0. The van der Waals surface area contributed by atoms with Crippen LogP contribution in [0, 0.1) is 11.3 Å². The Hall–Kier alpha value is -2.73. The molecule has 2 N–H and O–H groups in total. The van der Waals surface area contributed by atoms with Crippen molar-refractivity contribution < 1.29 is 10.2 Å². The summed E-state index contributed by atoms with van der Waals surface area (Å²) < 4.78 is 0. The molecule has 2 aromatic carbocycles. The molecule has 0 heterocycles. The zero-order valence-corrected chi connectivity index (χ0v) is 9.54. The van der Waals surface area contributed by atoms with E-state index in [-0.39, 0.29) is 11.5 Å². The van der Waals surface area contributed by atoms with Crippen LogP contribution in [0.5, 0.6) is 11.5 Å². The predicted octanol–water partition coefficient (Wildman–Crippen LogP) is 3.14. The van der Waals surface area contributed by atoms with E-state index >= 15 is 0 Å². The van der Waals surface area contributed by atoms with Crippen molar-refractivity contribution in [2.24, 2.45) is 0 Å². The molecule has 0 aliphatic rings. The molecule has 2 aromatic rings. The number of nitrogens with zero attached hydrogens (tertiary/aromatic N) is 1. The molecule has 0 unspecified atom stereocenters. The monoisotopic (exact) mass is 237 g/mol.